The molecule has 0 aliphatic carbocycles. The third-order valence-corrected chi connectivity index (χ3v) is 4.12. The van der Waals surface area contributed by atoms with E-state index in [1.165, 1.54) is 0 Å². The van der Waals surface area contributed by atoms with Crippen LogP contribution in [-0.2, 0) is 6.54 Å². The molecule has 0 unspecified atom stereocenters. The molecule has 0 bridgehead atoms. The molecule has 5 heteroatoms. The average Bonchev–Trinajstić information content (AvgIpc) is 2.42. The van der Waals surface area contributed by atoms with Crippen LogP contribution in [0.25, 0.3) is 0 Å². The molecule has 2 rings (SSSR count). The Balaban J connectivity index is 2.05. The number of amides is 1. The summed E-state index contributed by atoms with van der Waals surface area (Å²) in [6.45, 7) is 8.53. The van der Waals surface area contributed by atoms with Gasteiger partial charge in [-0.15, -0.1) is 0 Å². The van der Waals surface area contributed by atoms with Gasteiger partial charge in [-0.2, -0.15) is 0 Å². The van der Waals surface area contributed by atoms with Crippen molar-refractivity contribution in [2.45, 2.75) is 25.9 Å². The minimum Gasteiger partial charge on any atom is -0.299 e. The summed E-state index contributed by atoms with van der Waals surface area (Å²) in [6, 6.07) is 7.65. The van der Waals surface area contributed by atoms with Gasteiger partial charge in [-0.1, -0.05) is 12.1 Å². The minimum absolute atomic E-state index is 0.185. The largest absolute Gasteiger partial charge is 0.299 e. The Morgan fingerprint density at radius 3 is 2.80 bits per heavy atom. The van der Waals surface area contributed by atoms with Crippen LogP contribution in [0.1, 0.15) is 29.8 Å². The summed E-state index contributed by atoms with van der Waals surface area (Å²) in [5.41, 5.74) is 4.11. The highest BCUT2D eigenvalue weighted by atomic mass is 16.2. The number of nitrogens with one attached hydrogen (secondary N) is 1. The third kappa shape index (κ3) is 3.36. The maximum absolute atomic E-state index is 11.5. The van der Waals surface area contributed by atoms with Crippen LogP contribution in [0.4, 0.5) is 0 Å². The second-order valence-electron chi connectivity index (χ2n) is 6.12. The van der Waals surface area contributed by atoms with Crippen molar-refractivity contribution < 1.29 is 4.79 Å². The zero-order valence-electron chi connectivity index (χ0n) is 12.5. The van der Waals surface area contributed by atoms with E-state index in [4.69, 9.17) is 5.84 Å². The summed E-state index contributed by atoms with van der Waals surface area (Å²) in [5, 5.41) is 0. The predicted molar refractivity (Wildman–Crippen MR) is 80.1 cm³/mol. The summed E-state index contributed by atoms with van der Waals surface area (Å²) >= 11 is 0. The molecule has 1 fully saturated rings. The Bertz CT molecular complexity index is 487. The van der Waals surface area contributed by atoms with Crippen LogP contribution in [0.5, 0.6) is 0 Å². The molecule has 1 saturated heterocycles. The molecule has 0 spiro atoms. The lowest BCUT2D eigenvalue weighted by Gasteiger charge is -2.45. The number of carbonyl (C=O) groups is 1. The van der Waals surface area contributed by atoms with Gasteiger partial charge in [-0.3, -0.25) is 20.0 Å². The summed E-state index contributed by atoms with van der Waals surface area (Å²) in [7, 11) is 2.17. The number of nitrogens with zero attached hydrogens (tertiary/aromatic N) is 2. The van der Waals surface area contributed by atoms with Crippen LogP contribution in [0.2, 0.25) is 0 Å². The SMILES string of the molecule is CN1CCN(Cc2cccc(C(=O)NN)c2)CC1(C)C. The number of hydrogen-bond acceptors (Lipinski definition) is 4. The van der Waals surface area contributed by atoms with E-state index in [-0.39, 0.29) is 11.4 Å². The van der Waals surface area contributed by atoms with E-state index < -0.39 is 0 Å². The lowest BCUT2D eigenvalue weighted by Crippen LogP contribution is -2.57. The summed E-state index contributed by atoms with van der Waals surface area (Å²) in [4.78, 5) is 16.4. The van der Waals surface area contributed by atoms with Gasteiger partial charge in [0.05, 0.1) is 0 Å². The van der Waals surface area contributed by atoms with Gasteiger partial charge in [-0.25, -0.2) is 5.84 Å². The average molecular weight is 276 g/mol. The van der Waals surface area contributed by atoms with Crippen molar-refractivity contribution in [3.63, 3.8) is 0 Å². The zero-order chi connectivity index (χ0) is 14.8. The summed E-state index contributed by atoms with van der Waals surface area (Å²) in [6.07, 6.45) is 0. The summed E-state index contributed by atoms with van der Waals surface area (Å²) in [5.74, 6) is 4.93. The Morgan fingerprint density at radius 1 is 1.40 bits per heavy atom. The van der Waals surface area contributed by atoms with Crippen LogP contribution < -0.4 is 11.3 Å². The van der Waals surface area contributed by atoms with Crippen molar-refractivity contribution in [3.8, 4) is 0 Å². The molecule has 0 atom stereocenters. The van der Waals surface area contributed by atoms with Crippen molar-refractivity contribution in [2.24, 2.45) is 5.84 Å². The van der Waals surface area contributed by atoms with E-state index in [0.29, 0.717) is 5.56 Å². The van der Waals surface area contributed by atoms with Crippen LogP contribution in [0, 0.1) is 0 Å². The van der Waals surface area contributed by atoms with Gasteiger partial charge in [0.2, 0.25) is 0 Å². The number of nitrogens with two attached hydrogens (primary N) is 1. The fourth-order valence-electron chi connectivity index (χ4n) is 2.63. The molecule has 3 N–H and O–H groups in total. The van der Waals surface area contributed by atoms with Crippen LogP contribution >= 0.6 is 0 Å². The van der Waals surface area contributed by atoms with Crippen LogP contribution in [-0.4, -0.2) is 47.9 Å². The number of carbonyl (C=O) groups excluding carboxylic acids is 1. The number of hydrogen-bond donors (Lipinski definition) is 2. The number of nitrogen functional groups attached to an aromatic ring is 1. The number of hydrazine groups is 1. The lowest BCUT2D eigenvalue weighted by atomic mass is 9.99. The van der Waals surface area contributed by atoms with Crippen molar-refractivity contribution in [1.29, 1.82) is 0 Å². The number of rotatable bonds is 3. The van der Waals surface area contributed by atoms with Gasteiger partial charge < -0.3 is 0 Å². The molecule has 20 heavy (non-hydrogen) atoms. The Morgan fingerprint density at radius 2 is 2.15 bits per heavy atom. The van der Waals surface area contributed by atoms with E-state index in [1.807, 2.05) is 12.1 Å². The van der Waals surface area contributed by atoms with Crippen molar-refractivity contribution in [1.82, 2.24) is 15.2 Å². The maximum Gasteiger partial charge on any atom is 0.265 e. The number of benzene rings is 1. The highest BCUT2D eigenvalue weighted by Crippen LogP contribution is 2.20. The van der Waals surface area contributed by atoms with Gasteiger partial charge in [0, 0.05) is 37.3 Å². The normalized spacial score (nSPS) is 19.8. The number of likely N-dealkylation sites (N-methyl/N-ethyl adjacent to an activating group) is 1. The predicted octanol–water partition coefficient (Wildman–Crippen LogP) is 0.816. The number of piperazine rings is 1. The first kappa shape index (κ1) is 15.0. The van der Waals surface area contributed by atoms with Crippen molar-refractivity contribution in [2.75, 3.05) is 26.7 Å². The summed E-state index contributed by atoms with van der Waals surface area (Å²) < 4.78 is 0. The van der Waals surface area contributed by atoms with Crippen molar-refractivity contribution in [3.05, 3.63) is 35.4 Å². The quantitative estimate of drug-likeness (QED) is 0.487. The standard InChI is InChI=1S/C15H24N4O/c1-15(2)11-19(8-7-18(15)3)10-12-5-4-6-13(9-12)14(20)17-16/h4-6,9H,7-8,10-11,16H2,1-3H3,(H,17,20). The maximum atomic E-state index is 11.5. The van der Waals surface area contributed by atoms with Gasteiger partial charge in [0.15, 0.2) is 0 Å². The molecular weight excluding hydrogens is 252 g/mol. The highest BCUT2D eigenvalue weighted by Gasteiger charge is 2.30. The van der Waals surface area contributed by atoms with Crippen molar-refractivity contribution >= 4 is 5.91 Å². The van der Waals surface area contributed by atoms with E-state index in [0.717, 1.165) is 31.7 Å². The monoisotopic (exact) mass is 276 g/mol. The van der Waals surface area contributed by atoms with Gasteiger partial charge in [0.25, 0.3) is 5.91 Å². The second kappa shape index (κ2) is 5.91. The van der Waals surface area contributed by atoms with E-state index in [1.54, 1.807) is 6.07 Å². The topological polar surface area (TPSA) is 61.6 Å². The molecule has 0 radical (unpaired) electrons. The fourth-order valence-corrected chi connectivity index (χ4v) is 2.63. The first-order valence-corrected chi connectivity index (χ1v) is 6.96. The zero-order valence-corrected chi connectivity index (χ0v) is 12.5. The molecule has 5 nitrogen and oxygen atoms in total. The minimum atomic E-state index is -0.245. The van der Waals surface area contributed by atoms with Gasteiger partial charge in [-0.05, 0) is 38.6 Å². The molecular formula is C15H24N4O. The lowest BCUT2D eigenvalue weighted by molar-refractivity contribution is 0.0360. The molecule has 1 amide bonds. The Labute approximate surface area is 120 Å². The van der Waals surface area contributed by atoms with E-state index >= 15 is 0 Å². The molecule has 110 valence electrons. The molecule has 1 aromatic carbocycles. The molecule has 1 heterocycles. The molecule has 1 aliphatic rings. The second-order valence-corrected chi connectivity index (χ2v) is 6.12. The first-order valence-electron chi connectivity index (χ1n) is 6.96. The third-order valence-electron chi connectivity index (χ3n) is 4.12. The molecule has 1 aromatic rings. The van der Waals surface area contributed by atoms with Crippen LogP contribution in [0.15, 0.2) is 24.3 Å². The van der Waals surface area contributed by atoms with Crippen LogP contribution in [0.3, 0.4) is 0 Å². The highest BCUT2D eigenvalue weighted by molar-refractivity contribution is 5.93. The Hall–Kier alpha value is -1.43. The van der Waals surface area contributed by atoms with E-state index in [2.05, 4.69) is 42.2 Å². The molecule has 0 aromatic heterocycles. The van der Waals surface area contributed by atoms with Gasteiger partial charge in [0.1, 0.15) is 0 Å². The molecule has 0 saturated carbocycles. The Kier molecular flexibility index (Phi) is 4.42. The first-order chi connectivity index (χ1) is 9.42. The smallest absolute Gasteiger partial charge is 0.265 e. The van der Waals surface area contributed by atoms with E-state index in [9.17, 15) is 4.79 Å². The van der Waals surface area contributed by atoms with Gasteiger partial charge >= 0.3 is 0 Å². The molecule has 1 aliphatic heterocycles. The fraction of sp³-hybridized carbons (Fsp3) is 0.533.